The standard InChI is InChI=1S/C30H30N6O2/c1-17-11-20(7-10-26(17)36-14-25(33-16-36)19-5-6-19)27-31-13-23(18(2)37)28(35-27)34-21-8-9-22-24(12-21)30(3,4)15-32-29(22)38/h7-14,16,19H,5-6,15H2,1-4H3,(H,32,38)(H,31,34,35). The molecule has 0 atom stereocenters. The predicted molar refractivity (Wildman–Crippen MR) is 146 cm³/mol. The maximum absolute atomic E-state index is 12.4. The van der Waals surface area contributed by atoms with Crippen LogP contribution in [0.5, 0.6) is 0 Å². The van der Waals surface area contributed by atoms with Gasteiger partial charge in [-0.05, 0) is 74.2 Å². The number of carbonyl (C=O) groups excluding carboxylic acids is 2. The van der Waals surface area contributed by atoms with Crippen LogP contribution in [0.1, 0.15) is 77.1 Å². The van der Waals surface area contributed by atoms with Crippen molar-refractivity contribution < 1.29 is 9.59 Å². The first kappa shape index (κ1) is 24.0. The minimum absolute atomic E-state index is 0.0714. The summed E-state index contributed by atoms with van der Waals surface area (Å²) >= 11 is 0. The van der Waals surface area contributed by atoms with Crippen molar-refractivity contribution in [1.82, 2.24) is 24.8 Å². The van der Waals surface area contributed by atoms with Gasteiger partial charge in [0.25, 0.3) is 5.91 Å². The number of fused-ring (bicyclic) bond motifs is 1. The van der Waals surface area contributed by atoms with E-state index in [4.69, 9.17) is 4.98 Å². The number of benzene rings is 2. The fourth-order valence-corrected chi connectivity index (χ4v) is 5.03. The van der Waals surface area contributed by atoms with Gasteiger partial charge in [-0.1, -0.05) is 13.8 Å². The van der Waals surface area contributed by atoms with Crippen LogP contribution in [0.15, 0.2) is 55.1 Å². The summed E-state index contributed by atoms with van der Waals surface area (Å²) in [6.07, 6.45) is 8.00. The Morgan fingerprint density at radius 3 is 2.68 bits per heavy atom. The summed E-state index contributed by atoms with van der Waals surface area (Å²) in [5.74, 6) is 1.36. The minimum atomic E-state index is -0.213. The molecule has 0 unspecified atom stereocenters. The summed E-state index contributed by atoms with van der Waals surface area (Å²) in [6, 6.07) is 11.7. The molecule has 4 aromatic rings. The normalized spacial score (nSPS) is 16.1. The predicted octanol–water partition coefficient (Wildman–Crippen LogP) is 5.48. The quantitative estimate of drug-likeness (QED) is 0.336. The largest absolute Gasteiger partial charge is 0.351 e. The van der Waals surface area contributed by atoms with E-state index in [-0.39, 0.29) is 17.1 Å². The maximum atomic E-state index is 12.4. The van der Waals surface area contributed by atoms with E-state index in [9.17, 15) is 9.59 Å². The number of rotatable bonds is 6. The van der Waals surface area contributed by atoms with E-state index in [1.165, 1.54) is 19.8 Å². The van der Waals surface area contributed by atoms with Crippen molar-refractivity contribution in [3.63, 3.8) is 0 Å². The molecule has 0 radical (unpaired) electrons. The van der Waals surface area contributed by atoms with E-state index in [0.29, 0.717) is 35.2 Å². The van der Waals surface area contributed by atoms with Gasteiger partial charge in [0.1, 0.15) is 5.82 Å². The van der Waals surface area contributed by atoms with E-state index in [2.05, 4.69) is 64.3 Å². The van der Waals surface area contributed by atoms with Crippen LogP contribution in [-0.4, -0.2) is 37.8 Å². The number of aryl methyl sites for hydroxylation is 1. The number of imidazole rings is 1. The molecule has 2 aromatic heterocycles. The summed E-state index contributed by atoms with van der Waals surface area (Å²) in [5.41, 5.74) is 6.72. The van der Waals surface area contributed by atoms with Gasteiger partial charge in [-0.2, -0.15) is 0 Å². The third-order valence-corrected chi connectivity index (χ3v) is 7.45. The lowest BCUT2D eigenvalue weighted by molar-refractivity contribution is 0.0929. The highest BCUT2D eigenvalue weighted by atomic mass is 16.1. The van der Waals surface area contributed by atoms with Gasteiger partial charge in [0.05, 0.1) is 17.6 Å². The van der Waals surface area contributed by atoms with Crippen LogP contribution in [0.2, 0.25) is 0 Å². The SMILES string of the molecule is CC(=O)c1cnc(-c2ccc(-n3cnc(C4CC4)c3)c(C)c2)nc1Nc1ccc2c(c1)C(C)(C)CNC2=O. The van der Waals surface area contributed by atoms with Crippen LogP contribution in [0, 0.1) is 6.92 Å². The van der Waals surface area contributed by atoms with Crippen LogP contribution < -0.4 is 10.6 Å². The summed E-state index contributed by atoms with van der Waals surface area (Å²) in [6.45, 7) is 8.32. The van der Waals surface area contributed by atoms with Gasteiger partial charge in [-0.25, -0.2) is 15.0 Å². The Labute approximate surface area is 221 Å². The molecule has 8 heteroatoms. The number of nitrogens with one attached hydrogen (secondary N) is 2. The average Bonchev–Trinajstić information content (AvgIpc) is 3.63. The molecular weight excluding hydrogens is 476 g/mol. The first-order valence-electron chi connectivity index (χ1n) is 12.9. The molecule has 1 aliphatic carbocycles. The minimum Gasteiger partial charge on any atom is -0.351 e. The zero-order valence-electron chi connectivity index (χ0n) is 22.0. The molecule has 2 aromatic carbocycles. The average molecular weight is 507 g/mol. The smallest absolute Gasteiger partial charge is 0.251 e. The van der Waals surface area contributed by atoms with Gasteiger partial charge in [0.15, 0.2) is 11.6 Å². The van der Waals surface area contributed by atoms with Gasteiger partial charge in [0, 0.05) is 52.8 Å². The Morgan fingerprint density at radius 1 is 1.13 bits per heavy atom. The maximum Gasteiger partial charge on any atom is 0.251 e. The van der Waals surface area contributed by atoms with E-state index in [1.54, 1.807) is 6.20 Å². The molecule has 8 nitrogen and oxygen atoms in total. The highest BCUT2D eigenvalue weighted by Crippen LogP contribution is 2.39. The van der Waals surface area contributed by atoms with Gasteiger partial charge >= 0.3 is 0 Å². The monoisotopic (exact) mass is 506 g/mol. The summed E-state index contributed by atoms with van der Waals surface area (Å²) in [7, 11) is 0. The molecule has 0 spiro atoms. The second kappa shape index (κ2) is 8.90. The lowest BCUT2D eigenvalue weighted by atomic mass is 9.79. The number of ketones is 1. The molecule has 0 saturated heterocycles. The number of hydrogen-bond donors (Lipinski definition) is 2. The molecule has 1 saturated carbocycles. The molecule has 6 rings (SSSR count). The Morgan fingerprint density at radius 2 is 1.95 bits per heavy atom. The molecule has 3 heterocycles. The fourth-order valence-electron chi connectivity index (χ4n) is 5.03. The number of amides is 1. The van der Waals surface area contributed by atoms with Crippen molar-refractivity contribution in [1.29, 1.82) is 0 Å². The Bertz CT molecular complexity index is 1600. The van der Waals surface area contributed by atoms with Crippen molar-refractivity contribution in [2.24, 2.45) is 0 Å². The van der Waals surface area contributed by atoms with Crippen LogP contribution in [-0.2, 0) is 5.41 Å². The lowest BCUT2D eigenvalue weighted by Gasteiger charge is -2.32. The molecular formula is C30H30N6O2. The van der Waals surface area contributed by atoms with Crippen molar-refractivity contribution in [3.8, 4) is 17.1 Å². The van der Waals surface area contributed by atoms with Crippen LogP contribution >= 0.6 is 0 Å². The Balaban J connectivity index is 1.33. The number of anilines is 2. The molecule has 2 N–H and O–H groups in total. The number of aromatic nitrogens is 4. The number of hydrogen-bond acceptors (Lipinski definition) is 6. The topological polar surface area (TPSA) is 102 Å². The number of carbonyl (C=O) groups is 2. The Kier molecular flexibility index (Phi) is 5.63. The molecule has 2 aliphatic rings. The second-order valence-electron chi connectivity index (χ2n) is 10.9. The van der Waals surface area contributed by atoms with E-state index >= 15 is 0 Å². The van der Waals surface area contributed by atoms with Gasteiger partial charge in [-0.3, -0.25) is 9.59 Å². The highest BCUT2D eigenvalue weighted by Gasteiger charge is 2.31. The van der Waals surface area contributed by atoms with Crippen molar-refractivity contribution >= 4 is 23.2 Å². The number of Topliss-reactive ketones (excluding diaryl/α,β-unsaturated/α-hetero) is 1. The van der Waals surface area contributed by atoms with Gasteiger partial charge in [0.2, 0.25) is 0 Å². The van der Waals surface area contributed by atoms with Gasteiger partial charge < -0.3 is 15.2 Å². The first-order valence-corrected chi connectivity index (χ1v) is 12.9. The van der Waals surface area contributed by atoms with E-state index in [0.717, 1.165) is 33.8 Å². The summed E-state index contributed by atoms with van der Waals surface area (Å²) in [5, 5.41) is 6.27. The van der Waals surface area contributed by atoms with Crippen LogP contribution in [0.3, 0.4) is 0 Å². The van der Waals surface area contributed by atoms with E-state index < -0.39 is 0 Å². The van der Waals surface area contributed by atoms with Crippen molar-refractivity contribution in [2.45, 2.75) is 51.9 Å². The van der Waals surface area contributed by atoms with Crippen molar-refractivity contribution in [2.75, 3.05) is 11.9 Å². The van der Waals surface area contributed by atoms with Gasteiger partial charge in [-0.15, -0.1) is 0 Å². The fraction of sp³-hybridized carbons (Fsp3) is 0.300. The van der Waals surface area contributed by atoms with Crippen LogP contribution in [0.25, 0.3) is 17.1 Å². The molecule has 192 valence electrons. The molecule has 1 aliphatic heterocycles. The van der Waals surface area contributed by atoms with Crippen molar-refractivity contribution in [3.05, 3.63) is 83.1 Å². The first-order chi connectivity index (χ1) is 18.2. The summed E-state index contributed by atoms with van der Waals surface area (Å²) < 4.78 is 2.07. The molecule has 1 amide bonds. The second-order valence-corrected chi connectivity index (χ2v) is 10.9. The van der Waals surface area contributed by atoms with Crippen LogP contribution in [0.4, 0.5) is 11.5 Å². The third-order valence-electron chi connectivity index (χ3n) is 7.45. The Hall–Kier alpha value is -4.33. The highest BCUT2D eigenvalue weighted by molar-refractivity contribution is 6.00. The lowest BCUT2D eigenvalue weighted by Crippen LogP contribution is -2.43. The zero-order chi connectivity index (χ0) is 26.6. The molecule has 1 fully saturated rings. The number of nitrogens with zero attached hydrogens (tertiary/aromatic N) is 4. The molecule has 0 bridgehead atoms. The molecule has 38 heavy (non-hydrogen) atoms. The van der Waals surface area contributed by atoms with E-state index in [1.807, 2.05) is 30.6 Å². The zero-order valence-corrected chi connectivity index (χ0v) is 22.0. The third kappa shape index (κ3) is 4.36. The summed E-state index contributed by atoms with van der Waals surface area (Å²) in [4.78, 5) is 38.6.